The van der Waals surface area contributed by atoms with Gasteiger partial charge in [0.2, 0.25) is 5.91 Å². The lowest BCUT2D eigenvalue weighted by Crippen LogP contribution is -2.57. The van der Waals surface area contributed by atoms with Gasteiger partial charge in [-0.3, -0.25) is 4.79 Å². The molecule has 2 rings (SSSR count). The van der Waals surface area contributed by atoms with Gasteiger partial charge in [-0.15, -0.1) is 0 Å². The van der Waals surface area contributed by atoms with Crippen LogP contribution >= 0.6 is 15.9 Å². The van der Waals surface area contributed by atoms with Gasteiger partial charge >= 0.3 is 6.09 Å². The number of ether oxygens (including phenoxy) is 1. The number of sulfone groups is 1. The average Bonchev–Trinajstić information content (AvgIpc) is 2.52. The summed E-state index contributed by atoms with van der Waals surface area (Å²) in [6.45, 7) is 8.05. The van der Waals surface area contributed by atoms with Crippen LogP contribution in [0, 0.1) is 0 Å². The quantitative estimate of drug-likeness (QED) is 0.691. The number of carbonyl (C=O) groups is 2. The number of piperazine rings is 1. The second kappa shape index (κ2) is 8.18. The molecule has 1 fully saturated rings. The van der Waals surface area contributed by atoms with Crippen molar-refractivity contribution in [1.82, 2.24) is 9.80 Å². The highest BCUT2D eigenvalue weighted by atomic mass is 79.9. The highest BCUT2D eigenvalue weighted by molar-refractivity contribution is 9.10. The van der Waals surface area contributed by atoms with Crippen molar-refractivity contribution in [1.29, 1.82) is 0 Å². The van der Waals surface area contributed by atoms with E-state index in [4.69, 9.17) is 4.74 Å². The average molecular weight is 461 g/mol. The maximum absolute atomic E-state index is 12.6. The number of nitrogens with zero attached hydrogens (tertiary/aromatic N) is 2. The number of rotatable bonds is 3. The number of benzene rings is 1. The van der Waals surface area contributed by atoms with Gasteiger partial charge in [0.15, 0.2) is 9.84 Å². The van der Waals surface area contributed by atoms with E-state index in [1.54, 1.807) is 44.7 Å². The highest BCUT2D eigenvalue weighted by Gasteiger charge is 2.33. The molecule has 1 heterocycles. The Balaban J connectivity index is 2.01. The third kappa shape index (κ3) is 5.93. The van der Waals surface area contributed by atoms with Crippen molar-refractivity contribution in [3.8, 4) is 0 Å². The Kier molecular flexibility index (Phi) is 6.57. The predicted octanol–water partition coefficient (Wildman–Crippen LogP) is 2.69. The largest absolute Gasteiger partial charge is 0.444 e. The lowest BCUT2D eigenvalue weighted by atomic mass is 10.2. The minimum absolute atomic E-state index is 0.102. The summed E-state index contributed by atoms with van der Waals surface area (Å²) < 4.78 is 31.0. The molecule has 1 aliphatic heterocycles. The molecule has 0 spiro atoms. The number of hydrogen-bond acceptors (Lipinski definition) is 5. The van der Waals surface area contributed by atoms with E-state index in [1.165, 1.54) is 17.0 Å². The second-order valence-electron chi connectivity index (χ2n) is 7.58. The van der Waals surface area contributed by atoms with Gasteiger partial charge < -0.3 is 14.5 Å². The van der Waals surface area contributed by atoms with Gasteiger partial charge in [-0.2, -0.15) is 0 Å². The van der Waals surface area contributed by atoms with Gasteiger partial charge in [-0.25, -0.2) is 13.2 Å². The Morgan fingerprint density at radius 2 is 1.93 bits per heavy atom. The zero-order valence-electron chi connectivity index (χ0n) is 15.9. The van der Waals surface area contributed by atoms with E-state index < -0.39 is 33.2 Å². The Hall–Kier alpha value is -1.61. The van der Waals surface area contributed by atoms with Crippen LogP contribution in [0.1, 0.15) is 27.7 Å². The molecular formula is C18H25BrN2O5S. The topological polar surface area (TPSA) is 84.0 Å². The molecule has 0 saturated carbocycles. The maximum Gasteiger partial charge on any atom is 0.410 e. The van der Waals surface area contributed by atoms with Crippen molar-refractivity contribution in [3.05, 3.63) is 28.7 Å². The number of hydrogen-bond donors (Lipinski definition) is 0. The smallest absolute Gasteiger partial charge is 0.410 e. The standard InChI is InChI=1S/C18H25BrN2O5S/c1-13-11-20(17(23)26-18(2,3)4)8-9-21(13)16(22)12-27(24,25)15-7-5-6-14(19)10-15/h5-7,10,13H,8-9,11-12H2,1-4H3/t13-/m0/s1. The van der Waals surface area contributed by atoms with Gasteiger partial charge in [0, 0.05) is 30.1 Å². The maximum atomic E-state index is 12.6. The van der Waals surface area contributed by atoms with E-state index in [9.17, 15) is 18.0 Å². The SMILES string of the molecule is C[C@H]1CN(C(=O)OC(C)(C)C)CCN1C(=O)CS(=O)(=O)c1cccc(Br)c1. The Bertz CT molecular complexity index is 819. The first-order valence-electron chi connectivity index (χ1n) is 8.65. The van der Waals surface area contributed by atoms with E-state index >= 15 is 0 Å². The van der Waals surface area contributed by atoms with Crippen LogP contribution in [0.25, 0.3) is 0 Å². The van der Waals surface area contributed by atoms with E-state index in [-0.39, 0.29) is 17.5 Å². The zero-order chi connectivity index (χ0) is 20.4. The van der Waals surface area contributed by atoms with Crippen LogP contribution in [0.15, 0.2) is 33.6 Å². The molecule has 0 unspecified atom stereocenters. The third-order valence-electron chi connectivity index (χ3n) is 4.07. The molecule has 150 valence electrons. The fourth-order valence-corrected chi connectivity index (χ4v) is 4.61. The first kappa shape index (κ1) is 21.7. The predicted molar refractivity (Wildman–Crippen MR) is 105 cm³/mol. The van der Waals surface area contributed by atoms with Crippen molar-refractivity contribution in [2.75, 3.05) is 25.4 Å². The molecule has 2 amide bonds. The van der Waals surface area contributed by atoms with E-state index in [0.29, 0.717) is 17.6 Å². The van der Waals surface area contributed by atoms with Gasteiger partial charge in [0.25, 0.3) is 0 Å². The van der Waals surface area contributed by atoms with Crippen LogP contribution in [0.4, 0.5) is 4.79 Å². The Morgan fingerprint density at radius 3 is 2.48 bits per heavy atom. The molecular weight excluding hydrogens is 436 g/mol. The normalized spacial score (nSPS) is 18.3. The summed E-state index contributed by atoms with van der Waals surface area (Å²) in [5.41, 5.74) is -0.592. The molecule has 0 bridgehead atoms. The number of carbonyl (C=O) groups excluding carboxylic acids is 2. The van der Waals surface area contributed by atoms with Crippen molar-refractivity contribution in [3.63, 3.8) is 0 Å². The third-order valence-corrected chi connectivity index (χ3v) is 6.16. The first-order valence-corrected chi connectivity index (χ1v) is 11.1. The second-order valence-corrected chi connectivity index (χ2v) is 10.5. The summed E-state index contributed by atoms with van der Waals surface area (Å²) in [5, 5.41) is 0. The molecule has 0 radical (unpaired) electrons. The van der Waals surface area contributed by atoms with Crippen molar-refractivity contribution in [2.24, 2.45) is 0 Å². The Labute approximate surface area is 168 Å². The molecule has 1 aromatic carbocycles. The molecule has 7 nitrogen and oxygen atoms in total. The molecule has 9 heteroatoms. The summed E-state index contributed by atoms with van der Waals surface area (Å²) in [4.78, 5) is 27.9. The summed E-state index contributed by atoms with van der Waals surface area (Å²) in [7, 11) is -3.74. The van der Waals surface area contributed by atoms with E-state index in [0.717, 1.165) is 0 Å². The summed E-state index contributed by atoms with van der Waals surface area (Å²) >= 11 is 3.24. The molecule has 0 aromatic heterocycles. The number of halogens is 1. The monoisotopic (exact) mass is 460 g/mol. The lowest BCUT2D eigenvalue weighted by Gasteiger charge is -2.40. The summed E-state index contributed by atoms with van der Waals surface area (Å²) in [6.07, 6.45) is -0.428. The van der Waals surface area contributed by atoms with E-state index in [2.05, 4.69) is 15.9 Å². The molecule has 1 atom stereocenters. The van der Waals surface area contributed by atoms with Crippen LogP contribution in [0.3, 0.4) is 0 Å². The lowest BCUT2D eigenvalue weighted by molar-refractivity contribution is -0.132. The van der Waals surface area contributed by atoms with Crippen LogP contribution < -0.4 is 0 Å². The van der Waals surface area contributed by atoms with Gasteiger partial charge in [0.1, 0.15) is 11.4 Å². The van der Waals surface area contributed by atoms with Crippen molar-refractivity contribution >= 4 is 37.8 Å². The molecule has 1 aliphatic rings. The minimum atomic E-state index is -3.74. The number of amides is 2. The summed E-state index contributed by atoms with van der Waals surface area (Å²) in [6, 6.07) is 5.99. The van der Waals surface area contributed by atoms with Gasteiger partial charge in [-0.1, -0.05) is 22.0 Å². The molecule has 27 heavy (non-hydrogen) atoms. The minimum Gasteiger partial charge on any atom is -0.444 e. The molecule has 1 aromatic rings. The van der Waals surface area contributed by atoms with Crippen molar-refractivity contribution in [2.45, 2.75) is 44.2 Å². The van der Waals surface area contributed by atoms with E-state index in [1.807, 2.05) is 0 Å². The fourth-order valence-electron chi connectivity index (χ4n) is 2.81. The zero-order valence-corrected chi connectivity index (χ0v) is 18.3. The van der Waals surface area contributed by atoms with Crippen molar-refractivity contribution < 1.29 is 22.7 Å². The van der Waals surface area contributed by atoms with Gasteiger partial charge in [-0.05, 0) is 45.9 Å². The fraction of sp³-hybridized carbons (Fsp3) is 0.556. The van der Waals surface area contributed by atoms with Crippen LogP contribution in [0.5, 0.6) is 0 Å². The highest BCUT2D eigenvalue weighted by Crippen LogP contribution is 2.19. The molecule has 1 saturated heterocycles. The van der Waals surface area contributed by atoms with Crippen LogP contribution in [-0.4, -0.2) is 67.2 Å². The molecule has 0 N–H and O–H groups in total. The first-order chi connectivity index (χ1) is 12.4. The molecule has 0 aliphatic carbocycles. The summed E-state index contributed by atoms with van der Waals surface area (Å²) in [5.74, 6) is -1.06. The Morgan fingerprint density at radius 1 is 1.26 bits per heavy atom. The van der Waals surface area contributed by atoms with Crippen LogP contribution in [-0.2, 0) is 19.4 Å². The van der Waals surface area contributed by atoms with Crippen LogP contribution in [0.2, 0.25) is 0 Å². The van der Waals surface area contributed by atoms with Gasteiger partial charge in [0.05, 0.1) is 4.90 Å².